The van der Waals surface area contributed by atoms with Crippen molar-refractivity contribution in [2.75, 3.05) is 0 Å². The first-order valence-corrected chi connectivity index (χ1v) is 6.44. The van der Waals surface area contributed by atoms with Gasteiger partial charge in [0.2, 0.25) is 0 Å². The number of carboxylic acid groups (broad SMARTS) is 1. The van der Waals surface area contributed by atoms with Crippen molar-refractivity contribution in [3.8, 4) is 0 Å². The second-order valence-electron chi connectivity index (χ2n) is 4.16. The van der Waals surface area contributed by atoms with Gasteiger partial charge in [-0.25, -0.2) is 0 Å². The van der Waals surface area contributed by atoms with Crippen LogP contribution in [0.2, 0.25) is 0 Å². The Bertz CT molecular complexity index is 455. The van der Waals surface area contributed by atoms with E-state index in [0.29, 0.717) is 18.4 Å². The monoisotopic (exact) mass is 345 g/mol. The number of aliphatic carboxylic acids is 1. The van der Waals surface area contributed by atoms with Gasteiger partial charge >= 0.3 is 5.97 Å². The summed E-state index contributed by atoms with van der Waals surface area (Å²) in [6.07, 6.45) is 1.06. The SMILES string of the molecule is O=C(NC1CC(C(=O)O)C1)c1ccccc1I. The molecule has 1 saturated carbocycles. The lowest BCUT2D eigenvalue weighted by atomic mass is 9.80. The lowest BCUT2D eigenvalue weighted by Gasteiger charge is -2.32. The maximum Gasteiger partial charge on any atom is 0.306 e. The van der Waals surface area contributed by atoms with Gasteiger partial charge in [0.25, 0.3) is 5.91 Å². The normalized spacial score (nSPS) is 22.6. The molecule has 0 atom stereocenters. The van der Waals surface area contributed by atoms with Crippen molar-refractivity contribution in [1.82, 2.24) is 5.32 Å². The molecular formula is C12H12INO3. The number of carbonyl (C=O) groups excluding carboxylic acids is 1. The second-order valence-corrected chi connectivity index (χ2v) is 5.32. The van der Waals surface area contributed by atoms with Gasteiger partial charge < -0.3 is 10.4 Å². The molecule has 0 saturated heterocycles. The Morgan fingerprint density at radius 2 is 1.94 bits per heavy atom. The van der Waals surface area contributed by atoms with Crippen LogP contribution in [0, 0.1) is 9.49 Å². The van der Waals surface area contributed by atoms with Crippen LogP contribution in [-0.2, 0) is 4.79 Å². The molecular weight excluding hydrogens is 333 g/mol. The third-order valence-corrected chi connectivity index (χ3v) is 3.88. The highest BCUT2D eigenvalue weighted by Crippen LogP contribution is 2.27. The van der Waals surface area contributed by atoms with Crippen LogP contribution >= 0.6 is 22.6 Å². The molecule has 2 rings (SSSR count). The summed E-state index contributed by atoms with van der Waals surface area (Å²) >= 11 is 2.11. The molecule has 0 aliphatic heterocycles. The fourth-order valence-corrected chi connectivity index (χ4v) is 2.48. The van der Waals surface area contributed by atoms with Gasteiger partial charge in [-0.2, -0.15) is 0 Å². The van der Waals surface area contributed by atoms with E-state index in [-0.39, 0.29) is 17.9 Å². The Hall–Kier alpha value is -1.11. The highest BCUT2D eigenvalue weighted by molar-refractivity contribution is 14.1. The van der Waals surface area contributed by atoms with Crippen molar-refractivity contribution in [3.63, 3.8) is 0 Å². The second kappa shape index (κ2) is 5.03. The Morgan fingerprint density at radius 1 is 1.29 bits per heavy atom. The zero-order valence-corrected chi connectivity index (χ0v) is 11.2. The third-order valence-electron chi connectivity index (χ3n) is 2.94. The molecule has 0 unspecified atom stereocenters. The zero-order chi connectivity index (χ0) is 12.4. The van der Waals surface area contributed by atoms with E-state index in [9.17, 15) is 9.59 Å². The van der Waals surface area contributed by atoms with E-state index in [1.807, 2.05) is 18.2 Å². The van der Waals surface area contributed by atoms with Crippen LogP contribution in [0.25, 0.3) is 0 Å². The van der Waals surface area contributed by atoms with Crippen LogP contribution in [0.4, 0.5) is 0 Å². The first-order chi connectivity index (χ1) is 8.08. The molecule has 4 nitrogen and oxygen atoms in total. The maximum atomic E-state index is 11.9. The summed E-state index contributed by atoms with van der Waals surface area (Å²) in [7, 11) is 0. The molecule has 1 aromatic rings. The van der Waals surface area contributed by atoms with Crippen LogP contribution < -0.4 is 5.32 Å². The standard InChI is InChI=1S/C12H12INO3/c13-10-4-2-1-3-9(10)11(15)14-8-5-7(6-8)12(16)17/h1-4,7-8H,5-6H2,(H,14,15)(H,16,17). The summed E-state index contributed by atoms with van der Waals surface area (Å²) in [5.41, 5.74) is 0.645. The Kier molecular flexibility index (Phi) is 3.66. The van der Waals surface area contributed by atoms with E-state index in [4.69, 9.17) is 5.11 Å². The summed E-state index contributed by atoms with van der Waals surface area (Å²) in [6.45, 7) is 0. The fraction of sp³-hybridized carbons (Fsp3) is 0.333. The Balaban J connectivity index is 1.92. The topological polar surface area (TPSA) is 66.4 Å². The minimum atomic E-state index is -0.773. The quantitative estimate of drug-likeness (QED) is 0.823. The highest BCUT2D eigenvalue weighted by atomic mass is 127. The number of amides is 1. The molecule has 0 aromatic heterocycles. The van der Waals surface area contributed by atoms with E-state index in [1.54, 1.807) is 6.07 Å². The molecule has 5 heteroatoms. The lowest BCUT2D eigenvalue weighted by molar-refractivity contribution is -0.145. The van der Waals surface area contributed by atoms with Gasteiger partial charge in [0.1, 0.15) is 0 Å². The van der Waals surface area contributed by atoms with Gasteiger partial charge in [-0.15, -0.1) is 0 Å². The summed E-state index contributed by atoms with van der Waals surface area (Å²) in [5.74, 6) is -1.19. The first kappa shape index (κ1) is 12.3. The molecule has 1 aliphatic rings. The van der Waals surface area contributed by atoms with E-state index in [1.165, 1.54) is 0 Å². The molecule has 0 heterocycles. The Morgan fingerprint density at radius 3 is 2.53 bits per heavy atom. The van der Waals surface area contributed by atoms with Crippen molar-refractivity contribution >= 4 is 34.5 Å². The zero-order valence-electron chi connectivity index (χ0n) is 9.02. The lowest BCUT2D eigenvalue weighted by Crippen LogP contribution is -2.46. The van der Waals surface area contributed by atoms with Gasteiger partial charge in [-0.1, -0.05) is 12.1 Å². The maximum absolute atomic E-state index is 11.9. The van der Waals surface area contributed by atoms with Crippen LogP contribution in [-0.4, -0.2) is 23.0 Å². The number of carbonyl (C=O) groups is 2. The van der Waals surface area contributed by atoms with Crippen molar-refractivity contribution in [1.29, 1.82) is 0 Å². The largest absolute Gasteiger partial charge is 0.481 e. The molecule has 0 spiro atoms. The third kappa shape index (κ3) is 2.77. The highest BCUT2D eigenvalue weighted by Gasteiger charge is 2.35. The first-order valence-electron chi connectivity index (χ1n) is 5.36. The van der Waals surface area contributed by atoms with Crippen molar-refractivity contribution < 1.29 is 14.7 Å². The van der Waals surface area contributed by atoms with Crippen LogP contribution in [0.5, 0.6) is 0 Å². The molecule has 90 valence electrons. The molecule has 1 amide bonds. The molecule has 17 heavy (non-hydrogen) atoms. The number of carboxylic acids is 1. The van der Waals surface area contributed by atoms with Gasteiger partial charge in [-0.05, 0) is 47.6 Å². The smallest absolute Gasteiger partial charge is 0.306 e. The van der Waals surface area contributed by atoms with Gasteiger partial charge in [0, 0.05) is 9.61 Å². The van der Waals surface area contributed by atoms with E-state index in [2.05, 4.69) is 27.9 Å². The van der Waals surface area contributed by atoms with E-state index >= 15 is 0 Å². The number of hydrogen-bond acceptors (Lipinski definition) is 2. The molecule has 2 N–H and O–H groups in total. The van der Waals surface area contributed by atoms with Crippen molar-refractivity contribution in [2.45, 2.75) is 18.9 Å². The van der Waals surface area contributed by atoms with E-state index < -0.39 is 5.97 Å². The molecule has 0 bridgehead atoms. The molecule has 1 aliphatic carbocycles. The number of hydrogen-bond donors (Lipinski definition) is 2. The summed E-state index contributed by atoms with van der Waals surface area (Å²) in [6, 6.07) is 7.33. The predicted molar refractivity (Wildman–Crippen MR) is 70.8 cm³/mol. The number of halogens is 1. The van der Waals surface area contributed by atoms with Crippen molar-refractivity contribution in [3.05, 3.63) is 33.4 Å². The van der Waals surface area contributed by atoms with Crippen LogP contribution in [0.15, 0.2) is 24.3 Å². The number of nitrogens with one attached hydrogen (secondary N) is 1. The minimum absolute atomic E-state index is 0.000365. The minimum Gasteiger partial charge on any atom is -0.481 e. The fourth-order valence-electron chi connectivity index (χ4n) is 1.85. The predicted octanol–water partition coefficient (Wildman–Crippen LogP) is 1.88. The van der Waals surface area contributed by atoms with Gasteiger partial charge in [0.05, 0.1) is 11.5 Å². The molecule has 1 fully saturated rings. The van der Waals surface area contributed by atoms with Crippen LogP contribution in [0.3, 0.4) is 0 Å². The van der Waals surface area contributed by atoms with Gasteiger partial charge in [-0.3, -0.25) is 9.59 Å². The summed E-state index contributed by atoms with van der Waals surface area (Å²) in [5, 5.41) is 11.6. The number of benzene rings is 1. The summed E-state index contributed by atoms with van der Waals surface area (Å²) in [4.78, 5) is 22.5. The van der Waals surface area contributed by atoms with Crippen molar-refractivity contribution in [2.24, 2.45) is 5.92 Å². The number of rotatable bonds is 3. The van der Waals surface area contributed by atoms with Gasteiger partial charge in [0.15, 0.2) is 0 Å². The Labute approximate surface area is 113 Å². The summed E-state index contributed by atoms with van der Waals surface area (Å²) < 4.78 is 0.900. The van der Waals surface area contributed by atoms with Crippen LogP contribution in [0.1, 0.15) is 23.2 Å². The average molecular weight is 345 g/mol. The molecule has 1 aromatic carbocycles. The average Bonchev–Trinajstić information content (AvgIpc) is 2.22. The van der Waals surface area contributed by atoms with E-state index in [0.717, 1.165) is 3.57 Å². The molecule has 0 radical (unpaired) electrons.